The van der Waals surface area contributed by atoms with Gasteiger partial charge in [0.15, 0.2) is 0 Å². The summed E-state index contributed by atoms with van der Waals surface area (Å²) in [4.78, 5) is 5.43. The molecule has 0 aliphatic heterocycles. The van der Waals surface area contributed by atoms with Gasteiger partial charge < -0.3 is 0 Å². The summed E-state index contributed by atoms with van der Waals surface area (Å²) in [6.07, 6.45) is 0. The van der Waals surface area contributed by atoms with Crippen molar-refractivity contribution >= 4 is 43.2 Å². The SMILES string of the molecule is Cc1nc2ccc(SCl)cc2s1. The van der Waals surface area contributed by atoms with Crippen LogP contribution in [0.25, 0.3) is 10.2 Å². The van der Waals surface area contributed by atoms with E-state index in [0.29, 0.717) is 0 Å². The van der Waals surface area contributed by atoms with E-state index in [0.717, 1.165) is 15.4 Å². The van der Waals surface area contributed by atoms with Crippen molar-refractivity contribution in [3.63, 3.8) is 0 Å². The van der Waals surface area contributed by atoms with Crippen molar-refractivity contribution in [3.05, 3.63) is 23.2 Å². The van der Waals surface area contributed by atoms with Crippen LogP contribution in [0.3, 0.4) is 0 Å². The van der Waals surface area contributed by atoms with Gasteiger partial charge in [0.25, 0.3) is 0 Å². The van der Waals surface area contributed by atoms with E-state index in [1.807, 2.05) is 19.1 Å². The quantitative estimate of drug-likeness (QED) is 0.717. The minimum Gasteiger partial charge on any atom is -0.242 e. The molecule has 4 heteroatoms. The van der Waals surface area contributed by atoms with E-state index in [1.165, 1.54) is 15.7 Å². The average Bonchev–Trinajstić information content (AvgIpc) is 2.43. The zero-order chi connectivity index (χ0) is 8.55. The molecular formula is C8H6ClNS2. The molecular weight excluding hydrogens is 210 g/mol. The highest BCUT2D eigenvalue weighted by molar-refractivity contribution is 8.21. The standard InChI is InChI=1S/C8H6ClNS2/c1-5-10-7-3-2-6(12-9)4-8(7)11-5/h2-4H,1H3. The molecule has 0 unspecified atom stereocenters. The van der Waals surface area contributed by atoms with Crippen LogP contribution >= 0.6 is 33.0 Å². The van der Waals surface area contributed by atoms with Crippen LogP contribution < -0.4 is 0 Å². The highest BCUT2D eigenvalue weighted by Crippen LogP contribution is 2.28. The predicted molar refractivity (Wildman–Crippen MR) is 56.1 cm³/mol. The first kappa shape index (κ1) is 8.35. The molecule has 1 heterocycles. The Bertz CT molecular complexity index is 410. The van der Waals surface area contributed by atoms with Crippen molar-refractivity contribution < 1.29 is 0 Å². The molecule has 62 valence electrons. The molecule has 12 heavy (non-hydrogen) atoms. The molecule has 0 atom stereocenters. The molecule has 1 nitrogen and oxygen atoms in total. The minimum absolute atomic E-state index is 1.06. The third-order valence-electron chi connectivity index (χ3n) is 1.56. The number of halogens is 1. The Kier molecular flexibility index (Phi) is 2.26. The lowest BCUT2D eigenvalue weighted by Gasteiger charge is -1.91. The molecule has 2 rings (SSSR count). The Morgan fingerprint density at radius 2 is 2.33 bits per heavy atom. The van der Waals surface area contributed by atoms with Crippen molar-refractivity contribution in [1.29, 1.82) is 0 Å². The van der Waals surface area contributed by atoms with Gasteiger partial charge in [-0.1, -0.05) is 0 Å². The lowest BCUT2D eigenvalue weighted by atomic mass is 10.3. The summed E-state index contributed by atoms with van der Waals surface area (Å²) in [6.45, 7) is 2.01. The Morgan fingerprint density at radius 3 is 3.08 bits per heavy atom. The van der Waals surface area contributed by atoms with Gasteiger partial charge in [0.05, 0.1) is 15.2 Å². The van der Waals surface area contributed by atoms with Gasteiger partial charge in [0.1, 0.15) is 0 Å². The van der Waals surface area contributed by atoms with Gasteiger partial charge in [-0.15, -0.1) is 11.3 Å². The first-order chi connectivity index (χ1) is 5.79. The molecule has 0 bridgehead atoms. The van der Waals surface area contributed by atoms with E-state index in [-0.39, 0.29) is 0 Å². The summed E-state index contributed by atoms with van der Waals surface area (Å²) in [6, 6.07) is 6.06. The molecule has 0 fully saturated rings. The number of hydrogen-bond donors (Lipinski definition) is 0. The molecule has 0 aliphatic carbocycles. The fourth-order valence-electron chi connectivity index (χ4n) is 1.07. The summed E-state index contributed by atoms with van der Waals surface area (Å²) in [5, 5.41) is 1.10. The van der Waals surface area contributed by atoms with Crippen molar-refractivity contribution in [2.24, 2.45) is 0 Å². The number of thiazole rings is 1. The summed E-state index contributed by atoms with van der Waals surface area (Å²) in [7, 11) is 6.88. The highest BCUT2D eigenvalue weighted by Gasteiger charge is 2.00. The molecule has 0 spiro atoms. The zero-order valence-electron chi connectivity index (χ0n) is 6.37. The van der Waals surface area contributed by atoms with Crippen molar-refractivity contribution in [2.45, 2.75) is 11.8 Å². The second kappa shape index (κ2) is 3.24. The van der Waals surface area contributed by atoms with Gasteiger partial charge in [-0.2, -0.15) is 0 Å². The van der Waals surface area contributed by atoms with Crippen LogP contribution in [0.2, 0.25) is 0 Å². The molecule has 0 aliphatic rings. The predicted octanol–water partition coefficient (Wildman–Crippen LogP) is 3.85. The maximum atomic E-state index is 5.63. The number of nitrogens with zero attached hydrogens (tertiary/aromatic N) is 1. The van der Waals surface area contributed by atoms with E-state index in [1.54, 1.807) is 11.3 Å². The van der Waals surface area contributed by atoms with Gasteiger partial charge in [-0.25, -0.2) is 4.98 Å². The normalized spacial score (nSPS) is 10.8. The minimum atomic E-state index is 1.06. The number of aryl methyl sites for hydroxylation is 1. The van der Waals surface area contributed by atoms with Crippen LogP contribution in [0.15, 0.2) is 23.1 Å². The molecule has 0 amide bonds. The second-order valence-electron chi connectivity index (χ2n) is 2.44. The lowest BCUT2D eigenvalue weighted by Crippen LogP contribution is -1.68. The van der Waals surface area contributed by atoms with Crippen molar-refractivity contribution in [3.8, 4) is 0 Å². The number of aromatic nitrogens is 1. The van der Waals surface area contributed by atoms with E-state index < -0.39 is 0 Å². The van der Waals surface area contributed by atoms with Gasteiger partial charge in [-0.05, 0) is 46.8 Å². The van der Waals surface area contributed by atoms with E-state index in [4.69, 9.17) is 10.7 Å². The van der Waals surface area contributed by atoms with Crippen LogP contribution in [-0.2, 0) is 0 Å². The fraction of sp³-hybridized carbons (Fsp3) is 0.125. The number of hydrogen-bond acceptors (Lipinski definition) is 3. The monoisotopic (exact) mass is 215 g/mol. The van der Waals surface area contributed by atoms with Crippen LogP contribution in [0, 0.1) is 6.92 Å². The Morgan fingerprint density at radius 1 is 1.50 bits per heavy atom. The Hall–Kier alpha value is -0.250. The van der Waals surface area contributed by atoms with Crippen LogP contribution in [0.4, 0.5) is 0 Å². The van der Waals surface area contributed by atoms with Gasteiger partial charge >= 0.3 is 0 Å². The summed E-state index contributed by atoms with van der Waals surface area (Å²) in [5.41, 5.74) is 1.06. The first-order valence-corrected chi connectivity index (χ1v) is 5.91. The summed E-state index contributed by atoms with van der Waals surface area (Å²) >= 11 is 1.70. The Balaban J connectivity index is 2.66. The number of fused-ring (bicyclic) bond motifs is 1. The van der Waals surface area contributed by atoms with E-state index >= 15 is 0 Å². The lowest BCUT2D eigenvalue weighted by molar-refractivity contribution is 1.34. The number of benzene rings is 1. The summed E-state index contributed by atoms with van der Waals surface area (Å²) < 4.78 is 1.21. The van der Waals surface area contributed by atoms with Crippen LogP contribution in [0.5, 0.6) is 0 Å². The summed E-state index contributed by atoms with van der Waals surface area (Å²) in [5.74, 6) is 0. The van der Waals surface area contributed by atoms with Gasteiger partial charge in [-0.3, -0.25) is 0 Å². The van der Waals surface area contributed by atoms with Gasteiger partial charge in [0.2, 0.25) is 0 Å². The molecule has 2 aromatic rings. The van der Waals surface area contributed by atoms with Crippen LogP contribution in [0.1, 0.15) is 5.01 Å². The smallest absolute Gasteiger partial charge is 0.0907 e. The largest absolute Gasteiger partial charge is 0.242 e. The molecule has 1 aromatic heterocycles. The Labute approximate surface area is 83.3 Å². The topological polar surface area (TPSA) is 12.9 Å². The molecule has 0 saturated carbocycles. The van der Waals surface area contributed by atoms with E-state index in [2.05, 4.69) is 11.1 Å². The second-order valence-corrected chi connectivity index (χ2v) is 4.76. The van der Waals surface area contributed by atoms with Crippen molar-refractivity contribution in [2.75, 3.05) is 0 Å². The molecule has 0 radical (unpaired) electrons. The maximum absolute atomic E-state index is 5.63. The third kappa shape index (κ3) is 1.44. The third-order valence-corrected chi connectivity index (χ3v) is 3.46. The van der Waals surface area contributed by atoms with E-state index in [9.17, 15) is 0 Å². The first-order valence-electron chi connectivity index (χ1n) is 3.45. The molecule has 0 N–H and O–H groups in total. The fourth-order valence-corrected chi connectivity index (χ4v) is 2.58. The zero-order valence-corrected chi connectivity index (χ0v) is 8.76. The average molecular weight is 216 g/mol. The van der Waals surface area contributed by atoms with Gasteiger partial charge in [0, 0.05) is 4.90 Å². The van der Waals surface area contributed by atoms with Crippen molar-refractivity contribution in [1.82, 2.24) is 4.98 Å². The highest BCUT2D eigenvalue weighted by atomic mass is 35.7. The number of rotatable bonds is 1. The maximum Gasteiger partial charge on any atom is 0.0907 e. The molecule has 0 saturated heterocycles. The van der Waals surface area contributed by atoms with Crippen LogP contribution in [-0.4, -0.2) is 4.98 Å². The molecule has 1 aromatic carbocycles.